The Kier molecular flexibility index (Phi) is 3.34. The number of rotatable bonds is 1. The summed E-state index contributed by atoms with van der Waals surface area (Å²) in [6.07, 6.45) is 1.15. The van der Waals surface area contributed by atoms with Crippen LogP contribution >= 0.6 is 0 Å². The largest absolute Gasteiger partial charge is 1.00 e. The molecule has 1 fully saturated rings. The predicted molar refractivity (Wildman–Crippen MR) is 24.6 cm³/mol. The molecule has 0 aromatic rings. The normalized spacial score (nSPS) is 27.9. The second-order valence-corrected chi connectivity index (χ2v) is 1.62. The monoisotopic (exact) mass is 123 g/mol. The summed E-state index contributed by atoms with van der Waals surface area (Å²) < 4.78 is 0. The molecule has 1 saturated heterocycles. The van der Waals surface area contributed by atoms with Crippen LogP contribution in [0.3, 0.4) is 0 Å². The number of hydrogen-bond donors (Lipinski definition) is 2. The molecule has 0 amide bonds. The summed E-state index contributed by atoms with van der Waals surface area (Å²) in [4.78, 5) is 0. The molecule has 44 valence electrons. The highest BCUT2D eigenvalue weighted by Crippen LogP contribution is 1.97. The number of aliphatic hydroxyl groups excluding tert-OH is 1. The molecule has 1 aliphatic rings. The van der Waals surface area contributed by atoms with Gasteiger partial charge < -0.3 is 22.8 Å². The Labute approximate surface area is 50.8 Å². The number of aliphatic hydroxyl groups is 1. The molecule has 3 heteroatoms. The maximum absolute atomic E-state index is 8.32. The van der Waals surface area contributed by atoms with Gasteiger partial charge in [-0.2, -0.15) is 0 Å². The molecule has 1 atom stereocenters. The van der Waals surface area contributed by atoms with Crippen molar-refractivity contribution in [2.45, 2.75) is 12.5 Å². The van der Waals surface area contributed by atoms with E-state index in [0.29, 0.717) is 12.6 Å². The van der Waals surface area contributed by atoms with Crippen molar-refractivity contribution in [1.82, 2.24) is 5.32 Å². The fraction of sp³-hybridized carbons (Fsp3) is 1.00. The van der Waals surface area contributed by atoms with Crippen molar-refractivity contribution in [3.8, 4) is 0 Å². The third kappa shape index (κ3) is 1.63. The first-order chi connectivity index (χ1) is 2.93. The van der Waals surface area contributed by atoms with Crippen LogP contribution < -0.4 is 17.7 Å². The zero-order valence-electron chi connectivity index (χ0n) is 5.02. The van der Waals surface area contributed by atoms with E-state index in [1.54, 1.807) is 0 Å². The Morgan fingerprint density at radius 1 is 1.86 bits per heavy atom. The predicted octanol–water partition coefficient (Wildman–Crippen LogP) is -3.54. The summed E-state index contributed by atoms with van der Waals surface area (Å²) in [5.41, 5.74) is 0. The highest BCUT2D eigenvalue weighted by molar-refractivity contribution is 4.75. The van der Waals surface area contributed by atoms with Gasteiger partial charge in [-0.05, 0) is 13.0 Å². The summed E-state index contributed by atoms with van der Waals surface area (Å²) in [6, 6.07) is 0.421. The molecule has 0 aliphatic carbocycles. The maximum Gasteiger partial charge on any atom is 1.00 e. The van der Waals surface area contributed by atoms with Crippen LogP contribution in [0.25, 0.3) is 0 Å². The standard InChI is InChI=1S/C4H9NO.ClH/c6-3-4-1-2-5-4;/h4-6H,1-3H2;1H/t4-;/m0./s1. The lowest BCUT2D eigenvalue weighted by Gasteiger charge is -2.24. The van der Waals surface area contributed by atoms with Gasteiger partial charge in [0.1, 0.15) is 0 Å². The Hall–Kier alpha value is 0.210. The topological polar surface area (TPSA) is 32.3 Å². The van der Waals surface area contributed by atoms with E-state index < -0.39 is 0 Å². The molecule has 0 spiro atoms. The summed E-state index contributed by atoms with van der Waals surface area (Å²) in [5.74, 6) is 0. The lowest BCUT2D eigenvalue weighted by Crippen LogP contribution is -3.00. The van der Waals surface area contributed by atoms with Crippen LogP contribution in [0.2, 0.25) is 0 Å². The average molecular weight is 124 g/mol. The van der Waals surface area contributed by atoms with Crippen molar-refractivity contribution in [1.29, 1.82) is 0 Å². The van der Waals surface area contributed by atoms with Crippen molar-refractivity contribution >= 4 is 0 Å². The van der Waals surface area contributed by atoms with Crippen LogP contribution in [0.1, 0.15) is 7.85 Å². The molecular weight excluding hydrogens is 114 g/mol. The van der Waals surface area contributed by atoms with Gasteiger partial charge in [-0.1, -0.05) is 0 Å². The SMILES string of the molecule is OC[C@@H]1CCN1.[Cl-].[H+]. The Morgan fingerprint density at radius 2 is 2.43 bits per heavy atom. The van der Waals surface area contributed by atoms with E-state index in [0.717, 1.165) is 13.0 Å². The van der Waals surface area contributed by atoms with Gasteiger partial charge in [0.05, 0.1) is 6.61 Å². The van der Waals surface area contributed by atoms with E-state index in [1.165, 1.54) is 0 Å². The third-order valence-corrected chi connectivity index (χ3v) is 1.15. The second-order valence-electron chi connectivity index (χ2n) is 1.62. The molecule has 1 aliphatic heterocycles. The van der Waals surface area contributed by atoms with Gasteiger partial charge in [0.25, 0.3) is 0 Å². The first-order valence-corrected chi connectivity index (χ1v) is 2.27. The fourth-order valence-corrected chi connectivity index (χ4v) is 0.504. The van der Waals surface area contributed by atoms with Crippen LogP contribution in [0.15, 0.2) is 0 Å². The molecule has 0 radical (unpaired) electrons. The fourth-order valence-electron chi connectivity index (χ4n) is 0.504. The maximum atomic E-state index is 8.32. The summed E-state index contributed by atoms with van der Waals surface area (Å²) >= 11 is 0. The molecule has 0 aromatic heterocycles. The summed E-state index contributed by atoms with van der Waals surface area (Å²) in [6.45, 7) is 1.39. The molecule has 1 heterocycles. The zero-order chi connectivity index (χ0) is 4.41. The highest BCUT2D eigenvalue weighted by atomic mass is 35.5. The van der Waals surface area contributed by atoms with Crippen molar-refractivity contribution in [3.05, 3.63) is 0 Å². The molecular formula is C4H10ClNO. The van der Waals surface area contributed by atoms with E-state index in [2.05, 4.69) is 5.32 Å². The first-order valence-electron chi connectivity index (χ1n) is 2.27. The summed E-state index contributed by atoms with van der Waals surface area (Å²) in [5, 5.41) is 11.4. The number of nitrogens with one attached hydrogen (secondary N) is 1. The molecule has 0 unspecified atom stereocenters. The van der Waals surface area contributed by atoms with E-state index >= 15 is 0 Å². The zero-order valence-corrected chi connectivity index (χ0v) is 4.78. The van der Waals surface area contributed by atoms with Gasteiger partial charge in [0, 0.05) is 6.04 Å². The number of halogens is 1. The van der Waals surface area contributed by atoms with Crippen LogP contribution in [0, 0.1) is 0 Å². The van der Waals surface area contributed by atoms with Crippen LogP contribution in [-0.2, 0) is 0 Å². The minimum atomic E-state index is 0. The van der Waals surface area contributed by atoms with Crippen molar-refractivity contribution in [3.63, 3.8) is 0 Å². The molecule has 0 saturated carbocycles. The van der Waals surface area contributed by atoms with E-state index in [-0.39, 0.29) is 13.8 Å². The molecule has 2 N–H and O–H groups in total. The lowest BCUT2D eigenvalue weighted by molar-refractivity contribution is -0.00000225. The van der Waals surface area contributed by atoms with Gasteiger partial charge in [0.2, 0.25) is 0 Å². The van der Waals surface area contributed by atoms with Crippen molar-refractivity contribution in [2.24, 2.45) is 0 Å². The van der Waals surface area contributed by atoms with Crippen LogP contribution in [0.4, 0.5) is 0 Å². The average Bonchev–Trinajstić information content (AvgIpc) is 1.31. The van der Waals surface area contributed by atoms with Gasteiger partial charge in [0.15, 0.2) is 0 Å². The van der Waals surface area contributed by atoms with Crippen molar-refractivity contribution < 1.29 is 18.9 Å². The number of hydrogen-bond acceptors (Lipinski definition) is 2. The van der Waals surface area contributed by atoms with Crippen LogP contribution in [-0.4, -0.2) is 24.3 Å². The minimum absolute atomic E-state index is 0. The lowest BCUT2D eigenvalue weighted by atomic mass is 10.1. The van der Waals surface area contributed by atoms with Gasteiger partial charge in [-0.15, -0.1) is 0 Å². The molecule has 2 nitrogen and oxygen atoms in total. The van der Waals surface area contributed by atoms with Crippen molar-refractivity contribution in [2.75, 3.05) is 13.2 Å². The van der Waals surface area contributed by atoms with Gasteiger partial charge in [-0.25, -0.2) is 0 Å². The molecule has 7 heavy (non-hydrogen) atoms. The van der Waals surface area contributed by atoms with E-state index in [1.807, 2.05) is 0 Å². The minimum Gasteiger partial charge on any atom is -1.00 e. The first kappa shape index (κ1) is 7.21. The van der Waals surface area contributed by atoms with Gasteiger partial charge >= 0.3 is 1.43 Å². The molecule has 1 rings (SSSR count). The quantitative estimate of drug-likeness (QED) is 0.379. The second kappa shape index (κ2) is 3.24. The van der Waals surface area contributed by atoms with E-state index in [4.69, 9.17) is 5.11 Å². The Morgan fingerprint density at radius 3 is 2.43 bits per heavy atom. The third-order valence-electron chi connectivity index (χ3n) is 1.15. The smallest absolute Gasteiger partial charge is 1.00 e. The van der Waals surface area contributed by atoms with E-state index in [9.17, 15) is 0 Å². The van der Waals surface area contributed by atoms with Crippen LogP contribution in [0.5, 0.6) is 0 Å². The highest BCUT2D eigenvalue weighted by Gasteiger charge is 2.13. The van der Waals surface area contributed by atoms with Gasteiger partial charge in [-0.3, -0.25) is 0 Å². The molecule has 0 bridgehead atoms. The Balaban J connectivity index is 0. The Bertz CT molecular complexity index is 48.5. The molecule has 0 aromatic carbocycles. The summed E-state index contributed by atoms with van der Waals surface area (Å²) in [7, 11) is 0.